The first-order valence-electron chi connectivity index (χ1n) is 6.38. The van der Waals surface area contributed by atoms with Crippen molar-refractivity contribution >= 4 is 17.7 Å². The molecule has 0 bridgehead atoms. The summed E-state index contributed by atoms with van der Waals surface area (Å²) in [5, 5.41) is -0.682. The molecule has 0 aromatic heterocycles. The second kappa shape index (κ2) is 8.69. The summed E-state index contributed by atoms with van der Waals surface area (Å²) >= 11 is 0.798. The molecule has 0 radical (unpaired) electrons. The number of unbranched alkanes of at least 4 members (excludes halogenated alkanes) is 1. The van der Waals surface area contributed by atoms with E-state index in [0.717, 1.165) is 18.2 Å². The summed E-state index contributed by atoms with van der Waals surface area (Å²) in [5.74, 6) is -5.72. The van der Waals surface area contributed by atoms with Gasteiger partial charge in [-0.25, -0.2) is 0 Å². The lowest BCUT2D eigenvalue weighted by molar-refractivity contribution is -0.282. The number of hydrogen-bond donors (Lipinski definition) is 0. The van der Waals surface area contributed by atoms with Gasteiger partial charge in [0.25, 0.3) is 0 Å². The van der Waals surface area contributed by atoms with Gasteiger partial charge >= 0.3 is 18.1 Å². The topological polar surface area (TPSA) is 26.3 Å². The number of hydrogen-bond acceptors (Lipinski definition) is 3. The Kier molecular flexibility index (Phi) is 8.46. The third kappa shape index (κ3) is 6.76. The number of rotatable bonds is 9. The van der Waals surface area contributed by atoms with Crippen molar-refractivity contribution < 1.29 is 31.5 Å². The van der Waals surface area contributed by atoms with Crippen molar-refractivity contribution in [2.24, 2.45) is 0 Å². The Morgan fingerprint density at radius 2 is 1.80 bits per heavy atom. The van der Waals surface area contributed by atoms with Crippen molar-refractivity contribution in [2.75, 3.05) is 12.4 Å². The molecule has 0 aliphatic rings. The second-order valence-corrected chi connectivity index (χ2v) is 5.52. The fraction of sp³-hybridized carbons (Fsp3) is 0.917. The number of carbonyl (C=O) groups is 1. The molecule has 0 saturated carbocycles. The maximum atomic E-state index is 12.7. The Labute approximate surface area is 119 Å². The fourth-order valence-electron chi connectivity index (χ4n) is 1.37. The molecule has 0 saturated heterocycles. The summed E-state index contributed by atoms with van der Waals surface area (Å²) in [5.41, 5.74) is 0. The Hall–Kier alpha value is -0.530. The highest BCUT2D eigenvalue weighted by atomic mass is 32.2. The van der Waals surface area contributed by atoms with Gasteiger partial charge in [0.2, 0.25) is 0 Å². The Morgan fingerprint density at radius 3 is 2.25 bits per heavy atom. The zero-order chi connectivity index (χ0) is 15.8. The van der Waals surface area contributed by atoms with Crippen molar-refractivity contribution in [1.82, 2.24) is 0 Å². The molecule has 0 rings (SSSR count). The lowest BCUT2D eigenvalue weighted by atomic mass is 10.2. The minimum atomic E-state index is -5.55. The molecule has 0 fully saturated rings. The first-order valence-corrected chi connectivity index (χ1v) is 7.43. The van der Waals surface area contributed by atoms with Gasteiger partial charge in [0.05, 0.1) is 6.61 Å². The number of halogens is 5. The maximum absolute atomic E-state index is 12.7. The zero-order valence-corrected chi connectivity index (χ0v) is 12.3. The van der Waals surface area contributed by atoms with E-state index in [1.807, 2.05) is 6.92 Å². The van der Waals surface area contributed by atoms with E-state index in [-0.39, 0.29) is 6.61 Å². The molecule has 0 aromatic rings. The number of alkyl halides is 5. The highest BCUT2D eigenvalue weighted by molar-refractivity contribution is 8.00. The average Bonchev–Trinajstić information content (AvgIpc) is 2.32. The third-order valence-electron chi connectivity index (χ3n) is 2.52. The summed E-state index contributed by atoms with van der Waals surface area (Å²) in [6.45, 7) is 3.66. The van der Waals surface area contributed by atoms with Crippen LogP contribution in [0.25, 0.3) is 0 Å². The number of ether oxygens (including phenoxy) is 1. The largest absolute Gasteiger partial charge is 0.465 e. The van der Waals surface area contributed by atoms with Gasteiger partial charge in [0, 0.05) is 12.2 Å². The van der Waals surface area contributed by atoms with Gasteiger partial charge < -0.3 is 4.74 Å². The lowest BCUT2D eigenvalue weighted by Gasteiger charge is -2.20. The molecule has 1 unspecified atom stereocenters. The molecule has 120 valence electrons. The predicted molar refractivity (Wildman–Crippen MR) is 68.0 cm³/mol. The van der Waals surface area contributed by atoms with Gasteiger partial charge in [0.1, 0.15) is 5.25 Å². The number of thioether (sulfide) groups is 1. The van der Waals surface area contributed by atoms with Crippen LogP contribution in [0, 0.1) is 0 Å². The van der Waals surface area contributed by atoms with Crippen LogP contribution in [0.15, 0.2) is 0 Å². The summed E-state index contributed by atoms with van der Waals surface area (Å²) in [4.78, 5) is 11.5. The molecule has 0 aromatic carbocycles. The van der Waals surface area contributed by atoms with Crippen molar-refractivity contribution in [3.8, 4) is 0 Å². The standard InChI is InChI=1S/C12H19F5O2S/c1-3-5-6-9(10(18)19-4-2)20-8-7-11(13,14)12(15,16)17/h9H,3-8H2,1-2H3. The number of carbonyl (C=O) groups excluding carboxylic acids is 1. The minimum absolute atomic E-state index is 0.154. The third-order valence-corrected chi connectivity index (χ3v) is 3.79. The number of esters is 1. The Balaban J connectivity index is 4.36. The van der Waals surface area contributed by atoms with Crippen LogP contribution >= 0.6 is 11.8 Å². The molecule has 0 aliphatic heterocycles. The molecule has 8 heteroatoms. The summed E-state index contributed by atoms with van der Waals surface area (Å²) in [7, 11) is 0. The molecular formula is C12H19F5O2S. The lowest BCUT2D eigenvalue weighted by Crippen LogP contribution is -2.37. The zero-order valence-electron chi connectivity index (χ0n) is 11.4. The van der Waals surface area contributed by atoms with Crippen molar-refractivity contribution in [2.45, 2.75) is 56.9 Å². The molecule has 2 nitrogen and oxygen atoms in total. The van der Waals surface area contributed by atoms with E-state index < -0.39 is 35.5 Å². The van der Waals surface area contributed by atoms with Gasteiger partial charge in [-0.2, -0.15) is 22.0 Å². The molecular weight excluding hydrogens is 303 g/mol. The van der Waals surface area contributed by atoms with E-state index in [4.69, 9.17) is 4.74 Å². The normalized spacial score (nSPS) is 14.2. The second-order valence-electron chi connectivity index (χ2n) is 4.21. The first kappa shape index (κ1) is 19.5. The van der Waals surface area contributed by atoms with Crippen molar-refractivity contribution in [3.05, 3.63) is 0 Å². The van der Waals surface area contributed by atoms with E-state index in [1.165, 1.54) is 0 Å². The molecule has 0 aliphatic carbocycles. The molecule has 0 amide bonds. The monoisotopic (exact) mass is 322 g/mol. The highest BCUT2D eigenvalue weighted by Gasteiger charge is 2.56. The molecule has 0 spiro atoms. The minimum Gasteiger partial charge on any atom is -0.465 e. The summed E-state index contributed by atoms with van der Waals surface area (Å²) < 4.78 is 66.2. The maximum Gasteiger partial charge on any atom is 0.453 e. The first-order chi connectivity index (χ1) is 9.15. The van der Waals surface area contributed by atoms with E-state index in [0.29, 0.717) is 12.8 Å². The quantitative estimate of drug-likeness (QED) is 0.464. The van der Waals surface area contributed by atoms with Crippen LogP contribution in [0.4, 0.5) is 22.0 Å². The Morgan fingerprint density at radius 1 is 1.20 bits per heavy atom. The van der Waals surface area contributed by atoms with E-state index in [2.05, 4.69) is 0 Å². The predicted octanol–water partition coefficient (Wildman–Crippen LogP) is 4.43. The fourth-order valence-corrected chi connectivity index (χ4v) is 2.56. The van der Waals surface area contributed by atoms with Crippen LogP contribution < -0.4 is 0 Å². The summed E-state index contributed by atoms with van der Waals surface area (Å²) in [6.07, 6.45) is -4.97. The van der Waals surface area contributed by atoms with E-state index >= 15 is 0 Å². The van der Waals surface area contributed by atoms with Crippen LogP contribution in [-0.2, 0) is 9.53 Å². The van der Waals surface area contributed by atoms with Crippen LogP contribution in [-0.4, -0.2) is 35.7 Å². The van der Waals surface area contributed by atoms with Crippen molar-refractivity contribution in [3.63, 3.8) is 0 Å². The summed E-state index contributed by atoms with van der Waals surface area (Å²) in [6, 6.07) is 0. The van der Waals surface area contributed by atoms with Gasteiger partial charge in [-0.3, -0.25) is 4.79 Å². The van der Waals surface area contributed by atoms with Gasteiger partial charge in [-0.1, -0.05) is 19.8 Å². The SMILES string of the molecule is CCCCC(SCCC(F)(F)C(F)(F)F)C(=O)OCC. The molecule has 0 N–H and O–H groups in total. The van der Waals surface area contributed by atoms with E-state index in [9.17, 15) is 26.7 Å². The van der Waals surface area contributed by atoms with Crippen LogP contribution in [0.1, 0.15) is 39.5 Å². The average molecular weight is 322 g/mol. The molecule has 20 heavy (non-hydrogen) atoms. The molecule has 0 heterocycles. The molecule has 1 atom stereocenters. The highest BCUT2D eigenvalue weighted by Crippen LogP contribution is 2.39. The van der Waals surface area contributed by atoms with E-state index in [1.54, 1.807) is 6.92 Å². The van der Waals surface area contributed by atoms with Crippen LogP contribution in [0.3, 0.4) is 0 Å². The van der Waals surface area contributed by atoms with Gasteiger partial charge in [-0.05, 0) is 13.3 Å². The van der Waals surface area contributed by atoms with Crippen LogP contribution in [0.2, 0.25) is 0 Å². The van der Waals surface area contributed by atoms with Gasteiger partial charge in [-0.15, -0.1) is 11.8 Å². The van der Waals surface area contributed by atoms with Crippen LogP contribution in [0.5, 0.6) is 0 Å². The smallest absolute Gasteiger partial charge is 0.453 e. The van der Waals surface area contributed by atoms with Crippen molar-refractivity contribution in [1.29, 1.82) is 0 Å². The Bertz CT molecular complexity index is 294. The van der Waals surface area contributed by atoms with Gasteiger partial charge in [0.15, 0.2) is 0 Å².